The third-order valence-corrected chi connectivity index (χ3v) is 4.23. The van der Waals surface area contributed by atoms with Crippen molar-refractivity contribution in [3.05, 3.63) is 24.0 Å². The van der Waals surface area contributed by atoms with E-state index in [-0.39, 0.29) is 19.7 Å². The number of alkyl carbamates (subject to hydrolysis) is 1. The molecule has 9 nitrogen and oxygen atoms in total. The average Bonchev–Trinajstić information content (AvgIpc) is 3.02. The van der Waals surface area contributed by atoms with E-state index in [2.05, 4.69) is 10.4 Å². The predicted molar refractivity (Wildman–Crippen MR) is 97.5 cm³/mol. The Balaban J connectivity index is 1.64. The van der Waals surface area contributed by atoms with E-state index in [0.29, 0.717) is 24.5 Å². The van der Waals surface area contributed by atoms with Gasteiger partial charge in [0.05, 0.1) is 37.6 Å². The number of ether oxygens (including phenoxy) is 2. The SMILES string of the molecule is CCOC(=O)NCC1CN(c2ccc(N3C=NN(C)CC3)c(F)c2)C(=O)O1. The summed E-state index contributed by atoms with van der Waals surface area (Å²) < 4.78 is 24.6. The lowest BCUT2D eigenvalue weighted by atomic mass is 10.2. The third-order valence-electron chi connectivity index (χ3n) is 4.23. The molecule has 0 aromatic heterocycles. The zero-order chi connectivity index (χ0) is 19.4. The molecular weight excluding hydrogens is 357 g/mol. The van der Waals surface area contributed by atoms with Gasteiger partial charge >= 0.3 is 12.2 Å². The Bertz CT molecular complexity index is 744. The smallest absolute Gasteiger partial charge is 0.414 e. The van der Waals surface area contributed by atoms with Gasteiger partial charge in [-0.1, -0.05) is 0 Å². The molecule has 0 spiro atoms. The topological polar surface area (TPSA) is 86.7 Å². The molecule has 0 saturated carbocycles. The lowest BCUT2D eigenvalue weighted by Gasteiger charge is -2.28. The highest BCUT2D eigenvalue weighted by molar-refractivity contribution is 5.90. The zero-order valence-electron chi connectivity index (χ0n) is 15.2. The van der Waals surface area contributed by atoms with Gasteiger partial charge in [0.15, 0.2) is 0 Å². The van der Waals surface area contributed by atoms with Crippen LogP contribution < -0.4 is 15.1 Å². The van der Waals surface area contributed by atoms with Crippen LogP contribution in [0.2, 0.25) is 0 Å². The Morgan fingerprint density at radius 1 is 1.44 bits per heavy atom. The summed E-state index contributed by atoms with van der Waals surface area (Å²) in [5.74, 6) is -0.454. The quantitative estimate of drug-likeness (QED) is 0.836. The first kappa shape index (κ1) is 18.7. The van der Waals surface area contributed by atoms with Gasteiger partial charge in [-0.25, -0.2) is 14.0 Å². The van der Waals surface area contributed by atoms with Crippen molar-refractivity contribution in [1.82, 2.24) is 10.3 Å². The number of carbonyl (C=O) groups is 2. The van der Waals surface area contributed by atoms with E-state index in [9.17, 15) is 14.0 Å². The minimum Gasteiger partial charge on any atom is -0.450 e. The summed E-state index contributed by atoms with van der Waals surface area (Å²) in [5.41, 5.74) is 0.787. The van der Waals surface area contributed by atoms with Crippen LogP contribution >= 0.6 is 0 Å². The Morgan fingerprint density at radius 2 is 2.26 bits per heavy atom. The summed E-state index contributed by atoms with van der Waals surface area (Å²) in [5, 5.41) is 8.43. The van der Waals surface area contributed by atoms with E-state index < -0.39 is 24.1 Å². The van der Waals surface area contributed by atoms with E-state index in [4.69, 9.17) is 9.47 Å². The van der Waals surface area contributed by atoms with Crippen LogP contribution in [0, 0.1) is 5.82 Å². The van der Waals surface area contributed by atoms with Crippen LogP contribution in [0.4, 0.5) is 25.4 Å². The van der Waals surface area contributed by atoms with Crippen molar-refractivity contribution >= 4 is 29.9 Å². The van der Waals surface area contributed by atoms with Gasteiger partial charge in [0.25, 0.3) is 0 Å². The molecule has 0 aliphatic carbocycles. The molecule has 1 saturated heterocycles. The molecule has 2 heterocycles. The van der Waals surface area contributed by atoms with E-state index in [1.165, 1.54) is 11.0 Å². The van der Waals surface area contributed by atoms with Crippen molar-refractivity contribution in [3.8, 4) is 0 Å². The van der Waals surface area contributed by atoms with E-state index in [1.54, 1.807) is 35.3 Å². The highest BCUT2D eigenvalue weighted by atomic mass is 19.1. The Kier molecular flexibility index (Phi) is 5.63. The second kappa shape index (κ2) is 8.11. The number of halogens is 1. The fourth-order valence-corrected chi connectivity index (χ4v) is 2.82. The van der Waals surface area contributed by atoms with Gasteiger partial charge in [0.1, 0.15) is 18.3 Å². The van der Waals surface area contributed by atoms with Crippen LogP contribution in [0.15, 0.2) is 23.3 Å². The van der Waals surface area contributed by atoms with Crippen molar-refractivity contribution in [3.63, 3.8) is 0 Å². The van der Waals surface area contributed by atoms with Crippen LogP contribution in [0.5, 0.6) is 0 Å². The number of anilines is 2. The van der Waals surface area contributed by atoms with E-state index in [1.807, 2.05) is 7.05 Å². The molecule has 1 fully saturated rings. The molecule has 1 aromatic carbocycles. The first-order valence-electron chi connectivity index (χ1n) is 8.68. The normalized spacial score (nSPS) is 19.3. The van der Waals surface area contributed by atoms with Gasteiger partial charge in [-0.2, -0.15) is 5.10 Å². The summed E-state index contributed by atoms with van der Waals surface area (Å²) >= 11 is 0. The van der Waals surface area contributed by atoms with Crippen molar-refractivity contribution in [2.45, 2.75) is 13.0 Å². The molecule has 0 radical (unpaired) electrons. The maximum absolute atomic E-state index is 14.6. The highest BCUT2D eigenvalue weighted by Gasteiger charge is 2.33. The van der Waals surface area contributed by atoms with Crippen molar-refractivity contribution in [2.24, 2.45) is 5.10 Å². The molecule has 2 aliphatic rings. The summed E-state index contributed by atoms with van der Waals surface area (Å²) in [6.45, 7) is 3.59. The van der Waals surface area contributed by atoms with Gasteiger partial charge in [-0.3, -0.25) is 9.91 Å². The number of hydrogen-bond donors (Lipinski definition) is 1. The number of amides is 2. The summed E-state index contributed by atoms with van der Waals surface area (Å²) in [6.07, 6.45) is -0.118. The Hall–Kier alpha value is -3.04. The second-order valence-electron chi connectivity index (χ2n) is 6.16. The molecule has 2 aliphatic heterocycles. The Labute approximate surface area is 156 Å². The largest absolute Gasteiger partial charge is 0.450 e. The molecule has 0 bridgehead atoms. The monoisotopic (exact) mass is 379 g/mol. The fourth-order valence-electron chi connectivity index (χ4n) is 2.82. The summed E-state index contributed by atoms with van der Waals surface area (Å²) in [4.78, 5) is 26.5. The van der Waals surface area contributed by atoms with Gasteiger partial charge < -0.3 is 19.7 Å². The van der Waals surface area contributed by atoms with Crippen molar-refractivity contribution in [1.29, 1.82) is 0 Å². The molecule has 27 heavy (non-hydrogen) atoms. The number of nitrogens with zero attached hydrogens (tertiary/aromatic N) is 4. The van der Waals surface area contributed by atoms with Crippen molar-refractivity contribution < 1.29 is 23.5 Å². The second-order valence-corrected chi connectivity index (χ2v) is 6.16. The van der Waals surface area contributed by atoms with Gasteiger partial charge in [-0.05, 0) is 25.1 Å². The van der Waals surface area contributed by atoms with E-state index in [0.717, 1.165) is 0 Å². The first-order valence-corrected chi connectivity index (χ1v) is 8.68. The number of hydrazone groups is 1. The molecule has 1 unspecified atom stereocenters. The minimum atomic E-state index is -0.584. The van der Waals surface area contributed by atoms with Crippen LogP contribution in [-0.2, 0) is 9.47 Å². The third kappa shape index (κ3) is 4.39. The minimum absolute atomic E-state index is 0.124. The first-order chi connectivity index (χ1) is 13.0. The van der Waals surface area contributed by atoms with E-state index >= 15 is 0 Å². The molecule has 10 heteroatoms. The number of hydrogen-bond acceptors (Lipinski definition) is 7. The van der Waals surface area contributed by atoms with Crippen molar-refractivity contribution in [2.75, 3.05) is 49.6 Å². The van der Waals surface area contributed by atoms with Crippen LogP contribution in [0.3, 0.4) is 0 Å². The zero-order valence-corrected chi connectivity index (χ0v) is 15.2. The van der Waals surface area contributed by atoms with Crippen LogP contribution in [0.25, 0.3) is 0 Å². The number of rotatable bonds is 5. The molecule has 146 valence electrons. The molecular formula is C17H22FN5O4. The average molecular weight is 379 g/mol. The number of nitrogens with one attached hydrogen (secondary N) is 1. The van der Waals surface area contributed by atoms with Gasteiger partial charge in [-0.15, -0.1) is 0 Å². The number of carbonyl (C=O) groups excluding carboxylic acids is 2. The molecule has 3 rings (SSSR count). The molecule has 1 N–H and O–H groups in total. The maximum Gasteiger partial charge on any atom is 0.414 e. The number of benzene rings is 1. The number of likely N-dealkylation sites (N-methyl/N-ethyl adjacent to an activating group) is 1. The lowest BCUT2D eigenvalue weighted by Crippen LogP contribution is -2.36. The fraction of sp³-hybridized carbons (Fsp3) is 0.471. The molecule has 1 atom stereocenters. The lowest BCUT2D eigenvalue weighted by molar-refractivity contribution is 0.127. The van der Waals surface area contributed by atoms with Crippen LogP contribution in [-0.4, -0.2) is 69.5 Å². The predicted octanol–water partition coefficient (Wildman–Crippen LogP) is 1.59. The maximum atomic E-state index is 14.6. The molecule has 2 amide bonds. The Morgan fingerprint density at radius 3 is 2.93 bits per heavy atom. The highest BCUT2D eigenvalue weighted by Crippen LogP contribution is 2.28. The summed E-state index contributed by atoms with van der Waals surface area (Å²) in [6, 6.07) is 4.57. The van der Waals surface area contributed by atoms with Crippen LogP contribution in [0.1, 0.15) is 6.92 Å². The number of cyclic esters (lactones) is 1. The van der Waals surface area contributed by atoms with Gasteiger partial charge in [0.2, 0.25) is 0 Å². The van der Waals surface area contributed by atoms with Gasteiger partial charge in [0, 0.05) is 13.6 Å². The standard InChI is InChI=1S/C17H22FN5O4/c1-3-26-16(24)19-9-13-10-23(17(25)27-13)12-4-5-15(14(18)8-12)22-7-6-21(2)20-11-22/h4-5,8,11,13H,3,6-7,9-10H2,1-2H3,(H,19,24). The molecule has 1 aromatic rings. The summed E-state index contributed by atoms with van der Waals surface area (Å²) in [7, 11) is 1.85.